The molecule has 0 amide bonds. The molecule has 0 atom stereocenters. The Morgan fingerprint density at radius 1 is 1.11 bits per heavy atom. The number of nitrogens with one attached hydrogen (secondary N) is 2. The predicted octanol–water partition coefficient (Wildman–Crippen LogP) is 4.07. The first-order valence-corrected chi connectivity index (χ1v) is 8.78. The van der Waals surface area contributed by atoms with Crippen molar-refractivity contribution >= 4 is 29.1 Å². The van der Waals surface area contributed by atoms with Crippen LogP contribution in [0.4, 0.5) is 17.5 Å². The smallest absolute Gasteiger partial charge is 0.229 e. The van der Waals surface area contributed by atoms with Crippen molar-refractivity contribution in [3.63, 3.8) is 0 Å². The molecule has 6 nitrogen and oxygen atoms in total. The van der Waals surface area contributed by atoms with Gasteiger partial charge in [-0.3, -0.25) is 4.98 Å². The average Bonchev–Trinajstić information content (AvgIpc) is 3.11. The summed E-state index contributed by atoms with van der Waals surface area (Å²) in [6.45, 7) is 1.95. The number of rotatable bonds is 5. The van der Waals surface area contributed by atoms with Crippen LogP contribution in [0.2, 0.25) is 0 Å². The number of anilines is 3. The normalized spacial score (nSPS) is 12.3. The molecule has 1 aliphatic carbocycles. The van der Waals surface area contributed by atoms with Gasteiger partial charge in [0.2, 0.25) is 5.95 Å². The Bertz CT molecular complexity index is 1030. The van der Waals surface area contributed by atoms with E-state index in [0.29, 0.717) is 5.95 Å². The predicted molar refractivity (Wildman–Crippen MR) is 108 cm³/mol. The molecule has 0 saturated carbocycles. The fraction of sp³-hybridized carbons (Fsp3) is 0.190. The van der Waals surface area contributed by atoms with Crippen LogP contribution < -0.4 is 15.4 Å². The van der Waals surface area contributed by atoms with E-state index in [2.05, 4.69) is 43.8 Å². The summed E-state index contributed by atoms with van der Waals surface area (Å²) in [6.07, 6.45) is 6.77. The molecule has 1 aliphatic rings. The summed E-state index contributed by atoms with van der Waals surface area (Å²) in [5, 5.41) is 6.35. The van der Waals surface area contributed by atoms with Gasteiger partial charge < -0.3 is 15.4 Å². The molecule has 1 aromatic carbocycles. The van der Waals surface area contributed by atoms with Crippen molar-refractivity contribution in [1.82, 2.24) is 15.0 Å². The van der Waals surface area contributed by atoms with Crippen LogP contribution >= 0.6 is 0 Å². The summed E-state index contributed by atoms with van der Waals surface area (Å²) in [6, 6.07) is 9.98. The van der Waals surface area contributed by atoms with E-state index in [1.54, 1.807) is 7.11 Å². The van der Waals surface area contributed by atoms with E-state index in [1.165, 1.54) is 11.1 Å². The van der Waals surface area contributed by atoms with Gasteiger partial charge in [0.25, 0.3) is 0 Å². The van der Waals surface area contributed by atoms with Gasteiger partial charge in [0.05, 0.1) is 7.11 Å². The highest BCUT2D eigenvalue weighted by molar-refractivity contribution is 5.91. The number of fused-ring (bicyclic) bond motifs is 1. The molecule has 2 heterocycles. The third-order valence-electron chi connectivity index (χ3n) is 4.57. The Balaban J connectivity index is 1.67. The van der Waals surface area contributed by atoms with Gasteiger partial charge in [0.1, 0.15) is 11.6 Å². The van der Waals surface area contributed by atoms with Crippen LogP contribution in [0.5, 0.6) is 5.75 Å². The van der Waals surface area contributed by atoms with E-state index in [9.17, 15) is 0 Å². The summed E-state index contributed by atoms with van der Waals surface area (Å²) in [5.41, 5.74) is 6.51. The lowest BCUT2D eigenvalue weighted by Gasteiger charge is -2.13. The second kappa shape index (κ2) is 7.07. The van der Waals surface area contributed by atoms with Crippen molar-refractivity contribution in [3.8, 4) is 5.75 Å². The lowest BCUT2D eigenvalue weighted by atomic mass is 10.0. The zero-order valence-corrected chi connectivity index (χ0v) is 15.6. The van der Waals surface area contributed by atoms with Gasteiger partial charge in [-0.2, -0.15) is 4.98 Å². The van der Waals surface area contributed by atoms with Crippen molar-refractivity contribution in [2.75, 3.05) is 24.8 Å². The van der Waals surface area contributed by atoms with E-state index in [0.717, 1.165) is 40.5 Å². The molecule has 0 spiro atoms. The topological polar surface area (TPSA) is 72.0 Å². The number of allylic oxidation sites excluding steroid dienone is 1. The Morgan fingerprint density at radius 2 is 2.00 bits per heavy atom. The number of aryl methyl sites for hydroxylation is 1. The van der Waals surface area contributed by atoms with Gasteiger partial charge in [0, 0.05) is 42.5 Å². The Hall–Kier alpha value is -3.41. The third kappa shape index (κ3) is 3.46. The van der Waals surface area contributed by atoms with Gasteiger partial charge in [-0.1, -0.05) is 0 Å². The number of benzene rings is 1. The van der Waals surface area contributed by atoms with Crippen LogP contribution in [-0.4, -0.2) is 29.1 Å². The molecule has 27 heavy (non-hydrogen) atoms. The van der Waals surface area contributed by atoms with Gasteiger partial charge in [-0.15, -0.1) is 0 Å². The largest absolute Gasteiger partial charge is 0.496 e. The molecule has 3 aromatic rings. The molecule has 0 aliphatic heterocycles. The Labute approximate surface area is 158 Å². The number of hydrogen-bond acceptors (Lipinski definition) is 6. The monoisotopic (exact) mass is 359 g/mol. The third-order valence-corrected chi connectivity index (χ3v) is 4.57. The maximum Gasteiger partial charge on any atom is 0.229 e. The zero-order chi connectivity index (χ0) is 18.8. The number of aromatic nitrogens is 3. The minimum atomic E-state index is 0.559. The molecule has 0 unspecified atom stereocenters. The number of methoxy groups -OCH3 is 1. The SMILES string of the molecule is CNc1cc(C)nc(Nc2ccc(OC)c(C3=Cc4cnccc4C3)c2)n1. The number of ether oxygens (including phenoxy) is 1. The van der Waals surface area contributed by atoms with Crippen LogP contribution in [-0.2, 0) is 6.42 Å². The van der Waals surface area contributed by atoms with Gasteiger partial charge in [-0.25, -0.2) is 4.98 Å². The summed E-state index contributed by atoms with van der Waals surface area (Å²) < 4.78 is 5.59. The number of pyridine rings is 1. The maximum absolute atomic E-state index is 5.59. The molecule has 2 N–H and O–H groups in total. The molecule has 0 saturated heterocycles. The standard InChI is InChI=1S/C21H21N5O/c1-13-8-20(22-2)26-21(24-13)25-17-4-5-19(27-3)18(11-17)15-9-14-6-7-23-12-16(14)10-15/h4-8,10-12H,9H2,1-3H3,(H2,22,24,25,26). The Morgan fingerprint density at radius 3 is 2.78 bits per heavy atom. The van der Waals surface area contributed by atoms with Crippen LogP contribution in [0.25, 0.3) is 11.6 Å². The average molecular weight is 359 g/mol. The molecule has 0 bridgehead atoms. The van der Waals surface area contributed by atoms with E-state index >= 15 is 0 Å². The highest BCUT2D eigenvalue weighted by Gasteiger charge is 2.18. The first kappa shape index (κ1) is 17.0. The second-order valence-corrected chi connectivity index (χ2v) is 6.43. The minimum Gasteiger partial charge on any atom is -0.496 e. The fourth-order valence-corrected chi connectivity index (χ4v) is 3.26. The number of nitrogens with zero attached hydrogens (tertiary/aromatic N) is 3. The highest BCUT2D eigenvalue weighted by atomic mass is 16.5. The van der Waals surface area contributed by atoms with E-state index in [1.807, 2.05) is 44.6 Å². The maximum atomic E-state index is 5.59. The summed E-state index contributed by atoms with van der Waals surface area (Å²) in [5.74, 6) is 2.18. The lowest BCUT2D eigenvalue weighted by Crippen LogP contribution is -2.03. The number of hydrogen-bond donors (Lipinski definition) is 2. The van der Waals surface area contributed by atoms with Gasteiger partial charge >= 0.3 is 0 Å². The summed E-state index contributed by atoms with van der Waals surface area (Å²) in [7, 11) is 3.54. The molecule has 0 radical (unpaired) electrons. The lowest BCUT2D eigenvalue weighted by molar-refractivity contribution is 0.413. The minimum absolute atomic E-state index is 0.559. The summed E-state index contributed by atoms with van der Waals surface area (Å²) in [4.78, 5) is 13.1. The van der Waals surface area contributed by atoms with Crippen molar-refractivity contribution in [2.45, 2.75) is 13.3 Å². The molecule has 0 fully saturated rings. The molecular formula is C21H21N5O. The Kier molecular flexibility index (Phi) is 4.46. The van der Waals surface area contributed by atoms with Crippen molar-refractivity contribution in [2.24, 2.45) is 0 Å². The van der Waals surface area contributed by atoms with Crippen molar-refractivity contribution in [3.05, 3.63) is 65.1 Å². The van der Waals surface area contributed by atoms with E-state index < -0.39 is 0 Å². The fourth-order valence-electron chi connectivity index (χ4n) is 3.26. The van der Waals surface area contributed by atoms with Crippen molar-refractivity contribution < 1.29 is 4.74 Å². The van der Waals surface area contributed by atoms with Crippen LogP contribution in [0, 0.1) is 6.92 Å². The van der Waals surface area contributed by atoms with E-state index in [-0.39, 0.29) is 0 Å². The highest BCUT2D eigenvalue weighted by Crippen LogP contribution is 2.37. The van der Waals surface area contributed by atoms with Crippen LogP contribution in [0.15, 0.2) is 42.7 Å². The molecule has 2 aromatic heterocycles. The first-order valence-electron chi connectivity index (χ1n) is 8.78. The summed E-state index contributed by atoms with van der Waals surface area (Å²) >= 11 is 0. The first-order chi connectivity index (χ1) is 13.2. The second-order valence-electron chi connectivity index (χ2n) is 6.43. The van der Waals surface area contributed by atoms with Crippen LogP contribution in [0.3, 0.4) is 0 Å². The molecule has 6 heteroatoms. The van der Waals surface area contributed by atoms with Gasteiger partial charge in [0.15, 0.2) is 0 Å². The zero-order valence-electron chi connectivity index (χ0n) is 15.6. The van der Waals surface area contributed by atoms with Gasteiger partial charge in [-0.05, 0) is 60.4 Å². The van der Waals surface area contributed by atoms with Crippen molar-refractivity contribution in [1.29, 1.82) is 0 Å². The quantitative estimate of drug-likeness (QED) is 0.715. The molecular weight excluding hydrogens is 338 g/mol. The molecule has 136 valence electrons. The van der Waals surface area contributed by atoms with E-state index in [4.69, 9.17) is 4.74 Å². The molecule has 4 rings (SSSR count). The van der Waals surface area contributed by atoms with Crippen LogP contribution in [0.1, 0.15) is 22.4 Å².